The van der Waals surface area contributed by atoms with Crippen LogP contribution in [0.4, 0.5) is 5.69 Å². The number of amides is 2. The van der Waals surface area contributed by atoms with E-state index in [2.05, 4.69) is 5.32 Å². The van der Waals surface area contributed by atoms with E-state index in [1.165, 1.54) is 11.0 Å². The third kappa shape index (κ3) is 5.51. The molecule has 1 N–H and O–H groups in total. The lowest BCUT2D eigenvalue weighted by Crippen LogP contribution is -2.40. The molecular weight excluding hydrogens is 408 g/mol. The van der Waals surface area contributed by atoms with Crippen LogP contribution in [0.3, 0.4) is 0 Å². The van der Waals surface area contributed by atoms with Crippen molar-refractivity contribution in [3.63, 3.8) is 0 Å². The molecule has 0 aromatic heterocycles. The highest BCUT2D eigenvalue weighted by Crippen LogP contribution is 2.16. The molecule has 0 radical (unpaired) electrons. The minimum atomic E-state index is -0.352. The highest BCUT2D eigenvalue weighted by atomic mass is 16.5. The fourth-order valence-corrected chi connectivity index (χ4v) is 3.09. The molecule has 32 heavy (non-hydrogen) atoms. The zero-order chi connectivity index (χ0) is 22.9. The summed E-state index contributed by atoms with van der Waals surface area (Å²) in [6.07, 6.45) is 0. The number of benzene rings is 2. The summed E-state index contributed by atoms with van der Waals surface area (Å²) in [6.45, 7) is 0.275. The molecule has 0 unspecified atom stereocenters. The van der Waals surface area contributed by atoms with Crippen molar-refractivity contribution in [2.24, 2.45) is 0 Å². The maximum atomic E-state index is 13.2. The van der Waals surface area contributed by atoms with Crippen molar-refractivity contribution in [2.45, 2.75) is 0 Å². The van der Waals surface area contributed by atoms with Crippen LogP contribution in [0, 0.1) is 0 Å². The zero-order valence-corrected chi connectivity index (χ0v) is 17.9. The van der Waals surface area contributed by atoms with Crippen molar-refractivity contribution in [1.82, 2.24) is 5.32 Å². The molecular formula is C25H24N2O5. The number of anilines is 1. The largest absolute Gasteiger partial charge is 0.497 e. The maximum absolute atomic E-state index is 13.2. The Balaban J connectivity index is 1.79. The number of hydrogen-bond donors (Lipinski definition) is 1. The van der Waals surface area contributed by atoms with E-state index in [0.717, 1.165) is 0 Å². The molecule has 3 aromatic carbocycles. The molecule has 2 amide bonds. The van der Waals surface area contributed by atoms with Gasteiger partial charge in [-0.05, 0) is 60.7 Å². The van der Waals surface area contributed by atoms with Gasteiger partial charge in [-0.2, -0.15) is 0 Å². The molecule has 164 valence electrons. The van der Waals surface area contributed by atoms with Gasteiger partial charge in [0.25, 0.3) is 11.8 Å². The Morgan fingerprint density at radius 1 is 0.781 bits per heavy atom. The van der Waals surface area contributed by atoms with Gasteiger partial charge in [0.1, 0.15) is 11.5 Å². The van der Waals surface area contributed by atoms with Gasteiger partial charge in [0.15, 0.2) is 0 Å². The Hall–Kier alpha value is -4.13. The molecule has 7 nitrogen and oxygen atoms in total. The van der Waals surface area contributed by atoms with E-state index >= 15 is 0 Å². The van der Waals surface area contributed by atoms with Crippen LogP contribution in [0.2, 0.25) is 0 Å². The first-order valence-electron chi connectivity index (χ1n) is 10.0. The van der Waals surface area contributed by atoms with Gasteiger partial charge in [-0.3, -0.25) is 14.4 Å². The predicted octanol–water partition coefficient (Wildman–Crippen LogP) is 3.14. The molecule has 0 spiro atoms. The van der Waals surface area contributed by atoms with E-state index < -0.39 is 0 Å². The normalized spacial score (nSPS) is 10.2. The molecule has 3 rings (SSSR count). The minimum Gasteiger partial charge on any atom is -0.497 e. The van der Waals surface area contributed by atoms with Crippen molar-refractivity contribution in [1.29, 1.82) is 0 Å². The topological polar surface area (TPSA) is 84.9 Å². The second-order valence-corrected chi connectivity index (χ2v) is 6.83. The van der Waals surface area contributed by atoms with Crippen molar-refractivity contribution >= 4 is 17.5 Å². The summed E-state index contributed by atoms with van der Waals surface area (Å²) < 4.78 is 10.2. The van der Waals surface area contributed by atoms with Crippen molar-refractivity contribution in [3.8, 4) is 11.5 Å². The fraction of sp³-hybridized carbons (Fsp3) is 0.160. The number of carbonyl (C=O) groups is 2. The fourth-order valence-electron chi connectivity index (χ4n) is 3.09. The van der Waals surface area contributed by atoms with Crippen LogP contribution in [0.25, 0.3) is 0 Å². The third-order valence-electron chi connectivity index (χ3n) is 4.82. The summed E-state index contributed by atoms with van der Waals surface area (Å²) in [6, 6.07) is 21.4. The van der Waals surface area contributed by atoms with Gasteiger partial charge < -0.3 is 19.7 Å². The van der Waals surface area contributed by atoms with Crippen LogP contribution in [0.1, 0.15) is 20.7 Å². The minimum absolute atomic E-state index is 0.117. The second-order valence-electron chi connectivity index (χ2n) is 6.83. The average Bonchev–Trinajstić information content (AvgIpc) is 3.05. The molecule has 0 fully saturated rings. The molecule has 0 aliphatic rings. The van der Waals surface area contributed by atoms with Gasteiger partial charge in [0, 0.05) is 24.2 Å². The van der Waals surface area contributed by atoms with Gasteiger partial charge in [0.2, 0.25) is 5.43 Å². The SMILES string of the molecule is COc1ccc(C(=O)NCCN(C(=O)c2ccc(OC)cc2)c2cccccc2=O)cc1. The molecule has 0 heterocycles. The van der Waals surface area contributed by atoms with E-state index in [0.29, 0.717) is 22.6 Å². The summed E-state index contributed by atoms with van der Waals surface area (Å²) >= 11 is 0. The lowest BCUT2D eigenvalue weighted by molar-refractivity contribution is 0.0943. The van der Waals surface area contributed by atoms with Crippen LogP contribution in [-0.4, -0.2) is 39.1 Å². The van der Waals surface area contributed by atoms with Crippen LogP contribution in [-0.2, 0) is 0 Å². The van der Waals surface area contributed by atoms with Crippen LogP contribution in [0.5, 0.6) is 11.5 Å². The number of ether oxygens (including phenoxy) is 2. The number of nitrogens with one attached hydrogen (secondary N) is 1. The molecule has 0 saturated carbocycles. The second kappa shape index (κ2) is 10.8. The van der Waals surface area contributed by atoms with E-state index in [1.54, 1.807) is 87.0 Å². The number of hydrogen-bond acceptors (Lipinski definition) is 5. The average molecular weight is 432 g/mol. The Morgan fingerprint density at radius 3 is 1.94 bits per heavy atom. The molecule has 0 aliphatic carbocycles. The van der Waals surface area contributed by atoms with Crippen LogP contribution >= 0.6 is 0 Å². The summed E-state index contributed by atoms with van der Waals surface area (Å²) in [5.41, 5.74) is 0.806. The van der Waals surface area contributed by atoms with E-state index in [4.69, 9.17) is 9.47 Å². The van der Waals surface area contributed by atoms with Crippen LogP contribution in [0.15, 0.2) is 83.7 Å². The Labute approximate surface area is 186 Å². The quantitative estimate of drug-likeness (QED) is 0.591. The summed E-state index contributed by atoms with van der Waals surface area (Å²) in [5, 5.41) is 2.79. The van der Waals surface area contributed by atoms with E-state index in [1.807, 2.05) is 0 Å². The van der Waals surface area contributed by atoms with Gasteiger partial charge in [0.05, 0.1) is 19.9 Å². The Morgan fingerprint density at radius 2 is 1.34 bits per heavy atom. The van der Waals surface area contributed by atoms with Gasteiger partial charge in [-0.15, -0.1) is 0 Å². The van der Waals surface area contributed by atoms with Gasteiger partial charge >= 0.3 is 0 Å². The molecule has 0 atom stereocenters. The summed E-state index contributed by atoms with van der Waals surface area (Å²) in [4.78, 5) is 39.6. The summed E-state index contributed by atoms with van der Waals surface area (Å²) in [5.74, 6) is 0.633. The maximum Gasteiger partial charge on any atom is 0.258 e. The van der Waals surface area contributed by atoms with Crippen LogP contribution < -0.4 is 25.1 Å². The molecule has 0 saturated heterocycles. The molecule has 0 bridgehead atoms. The predicted molar refractivity (Wildman–Crippen MR) is 123 cm³/mol. The molecule has 7 heteroatoms. The molecule has 3 aromatic rings. The number of carbonyl (C=O) groups excluding carboxylic acids is 2. The highest BCUT2D eigenvalue weighted by molar-refractivity contribution is 6.06. The number of methoxy groups -OCH3 is 2. The first-order valence-corrected chi connectivity index (χ1v) is 10.0. The monoisotopic (exact) mass is 432 g/mol. The zero-order valence-electron chi connectivity index (χ0n) is 17.9. The Bertz CT molecular complexity index is 1130. The van der Waals surface area contributed by atoms with Crippen molar-refractivity contribution < 1.29 is 19.1 Å². The van der Waals surface area contributed by atoms with Crippen molar-refractivity contribution in [2.75, 3.05) is 32.2 Å². The lowest BCUT2D eigenvalue weighted by Gasteiger charge is -2.22. The van der Waals surface area contributed by atoms with E-state index in [9.17, 15) is 14.4 Å². The van der Waals surface area contributed by atoms with Gasteiger partial charge in [-0.1, -0.05) is 18.2 Å². The number of nitrogens with zero attached hydrogens (tertiary/aromatic N) is 1. The standard InChI is InChI=1S/C25H24N2O5/c1-31-20-12-8-18(9-13-20)24(29)26-16-17-27(22-6-4-3-5-7-23(22)28)25(30)19-10-14-21(32-2)15-11-19/h3-15H,16-17H2,1-2H3,(H,26,29). The lowest BCUT2D eigenvalue weighted by atomic mass is 10.1. The molecule has 0 aliphatic heterocycles. The number of rotatable bonds is 8. The third-order valence-corrected chi connectivity index (χ3v) is 4.82. The van der Waals surface area contributed by atoms with Crippen molar-refractivity contribution in [3.05, 3.63) is 100 Å². The first kappa shape index (κ1) is 22.6. The summed E-state index contributed by atoms with van der Waals surface area (Å²) in [7, 11) is 3.10. The highest BCUT2D eigenvalue weighted by Gasteiger charge is 2.20. The first-order chi connectivity index (χ1) is 15.5. The smallest absolute Gasteiger partial charge is 0.258 e. The van der Waals surface area contributed by atoms with E-state index in [-0.39, 0.29) is 36.0 Å². The van der Waals surface area contributed by atoms with Gasteiger partial charge in [-0.25, -0.2) is 0 Å². The Kier molecular flexibility index (Phi) is 7.59.